The third-order valence-electron chi connectivity index (χ3n) is 5.89. The number of thiazole rings is 1. The summed E-state index contributed by atoms with van der Waals surface area (Å²) in [7, 11) is 0. The molecule has 10 heteroatoms. The molecule has 5 rings (SSSR count). The molecule has 0 saturated heterocycles. The van der Waals surface area contributed by atoms with Crippen LogP contribution in [0.2, 0.25) is 0 Å². The van der Waals surface area contributed by atoms with E-state index in [1.54, 1.807) is 23.7 Å². The summed E-state index contributed by atoms with van der Waals surface area (Å²) in [6.07, 6.45) is 6.31. The van der Waals surface area contributed by atoms with Crippen molar-refractivity contribution in [2.24, 2.45) is 0 Å². The Kier molecular flexibility index (Phi) is 5.28. The Hall–Kier alpha value is -3.08. The topological polar surface area (TPSA) is 80.0 Å². The lowest BCUT2D eigenvalue weighted by Crippen LogP contribution is -2.50. The summed E-state index contributed by atoms with van der Waals surface area (Å²) in [5.41, 5.74) is 0.235. The van der Waals surface area contributed by atoms with E-state index in [2.05, 4.69) is 15.1 Å². The Labute approximate surface area is 187 Å². The van der Waals surface area contributed by atoms with Gasteiger partial charge in [-0.1, -0.05) is 6.07 Å². The highest BCUT2D eigenvalue weighted by atomic mass is 32.1. The van der Waals surface area contributed by atoms with Crippen molar-refractivity contribution in [1.82, 2.24) is 29.6 Å². The molecular formula is C22H20F2N6OS. The maximum absolute atomic E-state index is 14.8. The van der Waals surface area contributed by atoms with E-state index in [0.717, 1.165) is 33.3 Å². The van der Waals surface area contributed by atoms with Gasteiger partial charge in [-0.15, -0.1) is 11.3 Å². The lowest BCUT2D eigenvalue weighted by Gasteiger charge is -2.39. The smallest absolute Gasteiger partial charge is 0.137 e. The van der Waals surface area contributed by atoms with Gasteiger partial charge in [-0.2, -0.15) is 5.10 Å². The number of benzene rings is 1. The van der Waals surface area contributed by atoms with Gasteiger partial charge in [-0.3, -0.25) is 9.88 Å². The number of aliphatic hydroxyl groups is 1. The van der Waals surface area contributed by atoms with E-state index in [4.69, 9.17) is 4.98 Å². The Morgan fingerprint density at radius 1 is 1.22 bits per heavy atom. The van der Waals surface area contributed by atoms with Crippen LogP contribution < -0.4 is 0 Å². The molecule has 0 aliphatic carbocycles. The van der Waals surface area contributed by atoms with Gasteiger partial charge >= 0.3 is 0 Å². The summed E-state index contributed by atoms with van der Waals surface area (Å²) < 4.78 is 29.8. The van der Waals surface area contributed by atoms with Gasteiger partial charge in [-0.25, -0.2) is 23.4 Å². The normalized spacial score (nSPS) is 16.6. The number of nitrogens with zero attached hydrogens (tertiary/aromatic N) is 6. The zero-order chi connectivity index (χ0) is 22.3. The van der Waals surface area contributed by atoms with Crippen LogP contribution in [-0.2, 0) is 25.2 Å². The van der Waals surface area contributed by atoms with Crippen LogP contribution in [0.25, 0.3) is 10.6 Å². The molecule has 1 aromatic carbocycles. The Bertz CT molecular complexity index is 1210. The molecule has 7 nitrogen and oxygen atoms in total. The van der Waals surface area contributed by atoms with Gasteiger partial charge in [0.25, 0.3) is 0 Å². The molecule has 0 spiro atoms. The number of halogens is 2. The molecule has 0 amide bonds. The molecule has 0 bridgehead atoms. The average molecular weight is 455 g/mol. The predicted octanol–water partition coefficient (Wildman–Crippen LogP) is 3.37. The SMILES string of the molecule is C[C@@H](N1Cc2nc(-c3cccnc3)sc2C1)[C@](O)(Cn1cncn1)c1ccc(F)cc1F. The first-order valence-electron chi connectivity index (χ1n) is 10.1. The van der Waals surface area contributed by atoms with Gasteiger partial charge < -0.3 is 5.11 Å². The van der Waals surface area contributed by atoms with Crippen molar-refractivity contribution in [1.29, 1.82) is 0 Å². The number of aromatic nitrogens is 5. The van der Waals surface area contributed by atoms with Gasteiger partial charge in [0.15, 0.2) is 0 Å². The maximum Gasteiger partial charge on any atom is 0.137 e. The number of rotatable bonds is 6. The molecule has 32 heavy (non-hydrogen) atoms. The van der Waals surface area contributed by atoms with Crippen LogP contribution in [0.5, 0.6) is 0 Å². The second-order valence-electron chi connectivity index (χ2n) is 7.85. The molecule has 0 saturated carbocycles. The van der Waals surface area contributed by atoms with Gasteiger partial charge in [0.2, 0.25) is 0 Å². The molecule has 1 aliphatic heterocycles. The predicted molar refractivity (Wildman–Crippen MR) is 114 cm³/mol. The highest BCUT2D eigenvalue weighted by Crippen LogP contribution is 2.39. The standard InChI is InChI=1S/C22H20F2N6OS/c1-14(29-9-19-20(10-29)32-21(28-19)15-3-2-6-25-8-15)22(31,11-30-13-26-12-27-30)17-5-4-16(23)7-18(17)24/h2-8,12-14,31H,9-11H2,1H3/t14-,22-/m1/s1. The summed E-state index contributed by atoms with van der Waals surface area (Å²) in [6.45, 7) is 2.88. The van der Waals surface area contributed by atoms with Crippen molar-refractivity contribution < 1.29 is 13.9 Å². The molecule has 0 radical (unpaired) electrons. The van der Waals surface area contributed by atoms with Crippen molar-refractivity contribution in [3.63, 3.8) is 0 Å². The number of pyridine rings is 1. The van der Waals surface area contributed by atoms with E-state index in [-0.39, 0.29) is 12.1 Å². The molecule has 164 valence electrons. The van der Waals surface area contributed by atoms with Crippen LogP contribution in [0.15, 0.2) is 55.4 Å². The van der Waals surface area contributed by atoms with E-state index in [9.17, 15) is 13.9 Å². The van der Waals surface area contributed by atoms with E-state index >= 15 is 0 Å². The molecule has 0 fully saturated rings. The zero-order valence-electron chi connectivity index (χ0n) is 17.2. The first-order valence-corrected chi connectivity index (χ1v) is 10.9. The third-order valence-corrected chi connectivity index (χ3v) is 7.02. The minimum atomic E-state index is -1.67. The van der Waals surface area contributed by atoms with Crippen molar-refractivity contribution in [2.75, 3.05) is 0 Å². The number of fused-ring (bicyclic) bond motifs is 1. The highest BCUT2D eigenvalue weighted by molar-refractivity contribution is 7.15. The van der Waals surface area contributed by atoms with E-state index in [0.29, 0.717) is 13.1 Å². The molecule has 0 unspecified atom stereocenters. The number of hydrogen-bond donors (Lipinski definition) is 1. The largest absolute Gasteiger partial charge is 0.381 e. The second kappa shape index (κ2) is 8.12. The quantitative estimate of drug-likeness (QED) is 0.481. The van der Waals surface area contributed by atoms with Crippen LogP contribution in [-0.4, -0.2) is 40.8 Å². The molecule has 1 aliphatic rings. The zero-order valence-corrected chi connectivity index (χ0v) is 18.0. The van der Waals surface area contributed by atoms with Gasteiger partial charge in [-0.05, 0) is 25.1 Å². The minimum Gasteiger partial charge on any atom is -0.381 e. The molecular weight excluding hydrogens is 434 g/mol. The van der Waals surface area contributed by atoms with E-state index in [1.165, 1.54) is 23.4 Å². The monoisotopic (exact) mass is 454 g/mol. The summed E-state index contributed by atoms with van der Waals surface area (Å²) in [6, 6.07) is 6.56. The van der Waals surface area contributed by atoms with Crippen molar-refractivity contribution >= 4 is 11.3 Å². The van der Waals surface area contributed by atoms with Gasteiger partial charge in [0, 0.05) is 53.6 Å². The molecule has 1 N–H and O–H groups in total. The second-order valence-corrected chi connectivity index (χ2v) is 8.94. The van der Waals surface area contributed by atoms with E-state index < -0.39 is 23.3 Å². The fourth-order valence-corrected chi connectivity index (χ4v) is 5.18. The summed E-state index contributed by atoms with van der Waals surface area (Å²) in [5, 5.41) is 16.8. The summed E-state index contributed by atoms with van der Waals surface area (Å²) >= 11 is 1.59. The third kappa shape index (κ3) is 3.70. The van der Waals surface area contributed by atoms with Crippen LogP contribution in [0.1, 0.15) is 23.1 Å². The van der Waals surface area contributed by atoms with E-state index in [1.807, 2.05) is 24.0 Å². The van der Waals surface area contributed by atoms with Crippen LogP contribution >= 0.6 is 11.3 Å². The lowest BCUT2D eigenvalue weighted by atomic mass is 9.85. The first-order chi connectivity index (χ1) is 15.4. The summed E-state index contributed by atoms with van der Waals surface area (Å²) in [4.78, 5) is 16.0. The summed E-state index contributed by atoms with van der Waals surface area (Å²) in [5.74, 6) is -1.50. The van der Waals surface area contributed by atoms with Crippen molar-refractivity contribution in [3.8, 4) is 10.6 Å². The lowest BCUT2D eigenvalue weighted by molar-refractivity contribution is -0.0657. The Morgan fingerprint density at radius 2 is 2.09 bits per heavy atom. The van der Waals surface area contributed by atoms with Gasteiger partial charge in [0.1, 0.15) is 34.9 Å². The minimum absolute atomic E-state index is 0.0150. The van der Waals surface area contributed by atoms with Crippen LogP contribution in [0.3, 0.4) is 0 Å². The van der Waals surface area contributed by atoms with Crippen LogP contribution in [0.4, 0.5) is 8.78 Å². The highest BCUT2D eigenvalue weighted by Gasteiger charge is 2.44. The maximum atomic E-state index is 14.8. The molecule has 4 aromatic rings. The van der Waals surface area contributed by atoms with Crippen molar-refractivity contribution in [3.05, 3.63) is 83.1 Å². The van der Waals surface area contributed by atoms with Crippen LogP contribution in [0, 0.1) is 11.6 Å². The number of hydrogen-bond acceptors (Lipinski definition) is 7. The Morgan fingerprint density at radius 3 is 2.78 bits per heavy atom. The Balaban J connectivity index is 1.44. The average Bonchev–Trinajstić information content (AvgIpc) is 3.50. The molecule has 4 heterocycles. The van der Waals surface area contributed by atoms with Crippen molar-refractivity contribution in [2.45, 2.75) is 38.2 Å². The fraction of sp³-hybridized carbons (Fsp3) is 0.273. The molecule has 3 aromatic heterocycles. The fourth-order valence-electron chi connectivity index (χ4n) is 4.10. The first kappa shape index (κ1) is 20.8. The van der Waals surface area contributed by atoms with Gasteiger partial charge in [0.05, 0.1) is 12.2 Å². The molecule has 2 atom stereocenters.